The molecule has 0 radical (unpaired) electrons. The molecule has 1 aromatic carbocycles. The first-order valence-corrected chi connectivity index (χ1v) is 6.23. The van der Waals surface area contributed by atoms with Crippen LogP contribution in [0.4, 0.5) is 10.5 Å². The molecule has 0 aliphatic carbocycles. The summed E-state index contributed by atoms with van der Waals surface area (Å²) in [6.45, 7) is 2.82. The van der Waals surface area contributed by atoms with Crippen LogP contribution in [0.1, 0.15) is 20.3 Å². The van der Waals surface area contributed by atoms with Crippen molar-refractivity contribution < 1.29 is 24.2 Å². The van der Waals surface area contributed by atoms with Crippen LogP contribution < -0.4 is 15.4 Å². The maximum atomic E-state index is 11.7. The highest BCUT2D eigenvalue weighted by molar-refractivity contribution is 6.02. The number of rotatable bonds is 5. The summed E-state index contributed by atoms with van der Waals surface area (Å²) in [5, 5.41) is 13.5. The van der Waals surface area contributed by atoms with Gasteiger partial charge in [-0.3, -0.25) is 14.9 Å². The zero-order valence-corrected chi connectivity index (χ0v) is 12.1. The Bertz CT molecular complexity index is 554. The van der Waals surface area contributed by atoms with Crippen molar-refractivity contribution in [2.45, 2.75) is 20.3 Å². The number of amides is 3. The molecular formula is C14H18N2O5. The fourth-order valence-corrected chi connectivity index (χ4v) is 1.55. The summed E-state index contributed by atoms with van der Waals surface area (Å²) in [4.78, 5) is 34.3. The maximum absolute atomic E-state index is 11.7. The van der Waals surface area contributed by atoms with E-state index in [2.05, 4.69) is 10.6 Å². The monoisotopic (exact) mass is 294 g/mol. The predicted octanol–water partition coefficient (Wildman–Crippen LogP) is 1.84. The number of hydrogen-bond donors (Lipinski definition) is 3. The second-order valence-corrected chi connectivity index (χ2v) is 5.07. The van der Waals surface area contributed by atoms with Crippen LogP contribution >= 0.6 is 0 Å². The van der Waals surface area contributed by atoms with Crippen LogP contribution in [0.3, 0.4) is 0 Å². The van der Waals surface area contributed by atoms with Crippen molar-refractivity contribution in [3.8, 4) is 5.75 Å². The fraction of sp³-hybridized carbons (Fsp3) is 0.357. The van der Waals surface area contributed by atoms with Gasteiger partial charge in [-0.15, -0.1) is 0 Å². The highest BCUT2D eigenvalue weighted by Gasteiger charge is 2.30. The molecule has 21 heavy (non-hydrogen) atoms. The van der Waals surface area contributed by atoms with Crippen LogP contribution in [-0.2, 0) is 9.59 Å². The van der Waals surface area contributed by atoms with Gasteiger partial charge < -0.3 is 15.2 Å². The van der Waals surface area contributed by atoms with Crippen LogP contribution in [0.15, 0.2) is 24.3 Å². The smallest absolute Gasteiger partial charge is 0.325 e. The number of hydrogen-bond acceptors (Lipinski definition) is 4. The Labute approximate surface area is 122 Å². The van der Waals surface area contributed by atoms with E-state index in [1.165, 1.54) is 21.0 Å². The zero-order chi connectivity index (χ0) is 16.0. The normalized spacial score (nSPS) is 10.6. The van der Waals surface area contributed by atoms with Gasteiger partial charge in [0.15, 0.2) is 0 Å². The number of carboxylic acid groups (broad SMARTS) is 1. The molecule has 1 aromatic rings. The van der Waals surface area contributed by atoms with E-state index in [-0.39, 0.29) is 6.42 Å². The third-order valence-corrected chi connectivity index (χ3v) is 2.79. The van der Waals surface area contributed by atoms with Gasteiger partial charge >= 0.3 is 12.0 Å². The van der Waals surface area contributed by atoms with Crippen molar-refractivity contribution in [3.05, 3.63) is 24.3 Å². The van der Waals surface area contributed by atoms with Crippen LogP contribution in [-0.4, -0.2) is 30.1 Å². The van der Waals surface area contributed by atoms with Crippen LogP contribution in [0, 0.1) is 5.41 Å². The number of urea groups is 1. The molecule has 7 nitrogen and oxygen atoms in total. The van der Waals surface area contributed by atoms with E-state index in [1.807, 2.05) is 0 Å². The molecular weight excluding hydrogens is 276 g/mol. The molecule has 0 atom stereocenters. The molecule has 0 saturated carbocycles. The molecule has 0 bridgehead atoms. The predicted molar refractivity (Wildman–Crippen MR) is 76.2 cm³/mol. The molecule has 0 heterocycles. The second kappa shape index (κ2) is 6.74. The third-order valence-electron chi connectivity index (χ3n) is 2.79. The fourth-order valence-electron chi connectivity index (χ4n) is 1.55. The van der Waals surface area contributed by atoms with Gasteiger partial charge in [-0.25, -0.2) is 4.79 Å². The van der Waals surface area contributed by atoms with E-state index in [9.17, 15) is 14.4 Å². The van der Waals surface area contributed by atoms with Crippen molar-refractivity contribution in [1.29, 1.82) is 0 Å². The quantitative estimate of drug-likeness (QED) is 0.768. The Morgan fingerprint density at radius 2 is 1.86 bits per heavy atom. The summed E-state index contributed by atoms with van der Waals surface area (Å²) < 4.78 is 5.06. The van der Waals surface area contributed by atoms with Crippen molar-refractivity contribution >= 4 is 23.6 Å². The summed E-state index contributed by atoms with van der Waals surface area (Å²) in [5.74, 6) is -1.33. The molecule has 0 fully saturated rings. The molecule has 0 aromatic heterocycles. The molecule has 7 heteroatoms. The second-order valence-electron chi connectivity index (χ2n) is 5.07. The van der Waals surface area contributed by atoms with E-state index in [1.54, 1.807) is 24.3 Å². The van der Waals surface area contributed by atoms with Gasteiger partial charge in [0, 0.05) is 6.42 Å². The Kier molecular flexibility index (Phi) is 5.29. The number of methoxy groups -OCH3 is 1. The Hall–Kier alpha value is -2.57. The standard InChI is InChI=1S/C14H18N2O5/c1-14(2,12(18)19)8-11(17)16-13(20)15-9-6-4-5-7-10(9)21-3/h4-7H,8H2,1-3H3,(H,18,19)(H2,15,16,17,20). The minimum atomic E-state index is -1.24. The summed E-state index contributed by atoms with van der Waals surface area (Å²) in [6, 6.07) is 5.97. The average Bonchev–Trinajstić information content (AvgIpc) is 2.38. The van der Waals surface area contributed by atoms with Crippen molar-refractivity contribution in [3.63, 3.8) is 0 Å². The van der Waals surface area contributed by atoms with Gasteiger partial charge in [0.2, 0.25) is 5.91 Å². The van der Waals surface area contributed by atoms with E-state index in [0.29, 0.717) is 11.4 Å². The van der Waals surface area contributed by atoms with Crippen molar-refractivity contribution in [2.24, 2.45) is 5.41 Å². The lowest BCUT2D eigenvalue weighted by Gasteiger charge is -2.18. The minimum absolute atomic E-state index is 0.304. The van der Waals surface area contributed by atoms with Crippen molar-refractivity contribution in [1.82, 2.24) is 5.32 Å². The molecule has 1 rings (SSSR count). The Morgan fingerprint density at radius 3 is 2.43 bits per heavy atom. The average molecular weight is 294 g/mol. The highest BCUT2D eigenvalue weighted by atomic mass is 16.5. The third kappa shape index (κ3) is 4.79. The first-order valence-electron chi connectivity index (χ1n) is 6.23. The summed E-state index contributed by atoms with van der Waals surface area (Å²) in [7, 11) is 1.46. The number of aliphatic carboxylic acids is 1. The molecule has 3 amide bonds. The number of carboxylic acids is 1. The topological polar surface area (TPSA) is 105 Å². The molecule has 114 valence electrons. The summed E-state index contributed by atoms with van der Waals surface area (Å²) in [6.07, 6.45) is -0.304. The number of carbonyl (C=O) groups is 3. The van der Waals surface area contributed by atoms with Crippen LogP contribution in [0.25, 0.3) is 0 Å². The lowest BCUT2D eigenvalue weighted by molar-refractivity contribution is -0.149. The lowest BCUT2D eigenvalue weighted by atomic mass is 9.89. The molecule has 0 spiro atoms. The first kappa shape index (κ1) is 16.5. The molecule has 0 saturated heterocycles. The summed E-state index contributed by atoms with van der Waals surface area (Å²) in [5.41, 5.74) is -0.836. The van der Waals surface area contributed by atoms with E-state index >= 15 is 0 Å². The molecule has 3 N–H and O–H groups in total. The largest absolute Gasteiger partial charge is 0.495 e. The Balaban J connectivity index is 2.62. The van der Waals surface area contributed by atoms with Gasteiger partial charge in [-0.1, -0.05) is 12.1 Å². The number of imide groups is 1. The first-order chi connectivity index (χ1) is 9.76. The number of anilines is 1. The Morgan fingerprint density at radius 1 is 1.24 bits per heavy atom. The van der Waals surface area contributed by atoms with Gasteiger partial charge in [0.25, 0.3) is 0 Å². The van der Waals surface area contributed by atoms with Crippen LogP contribution in [0.5, 0.6) is 5.75 Å². The zero-order valence-electron chi connectivity index (χ0n) is 12.1. The minimum Gasteiger partial charge on any atom is -0.495 e. The van der Waals surface area contributed by atoms with E-state index in [4.69, 9.17) is 9.84 Å². The number of carbonyl (C=O) groups excluding carboxylic acids is 2. The number of nitrogens with one attached hydrogen (secondary N) is 2. The van der Waals surface area contributed by atoms with Gasteiger partial charge in [0.05, 0.1) is 18.2 Å². The number of ether oxygens (including phenoxy) is 1. The van der Waals surface area contributed by atoms with Gasteiger partial charge in [-0.2, -0.15) is 0 Å². The highest BCUT2D eigenvalue weighted by Crippen LogP contribution is 2.23. The molecule has 0 aliphatic heterocycles. The van der Waals surface area contributed by atoms with Gasteiger partial charge in [0.1, 0.15) is 5.75 Å². The SMILES string of the molecule is COc1ccccc1NC(=O)NC(=O)CC(C)(C)C(=O)O. The van der Waals surface area contributed by atoms with Crippen LogP contribution in [0.2, 0.25) is 0 Å². The van der Waals surface area contributed by atoms with Gasteiger partial charge in [-0.05, 0) is 26.0 Å². The molecule has 0 unspecified atom stereocenters. The summed E-state index contributed by atoms with van der Waals surface area (Å²) >= 11 is 0. The van der Waals surface area contributed by atoms with E-state index < -0.39 is 23.3 Å². The lowest BCUT2D eigenvalue weighted by Crippen LogP contribution is -2.38. The van der Waals surface area contributed by atoms with E-state index in [0.717, 1.165) is 0 Å². The molecule has 0 aliphatic rings. The number of benzene rings is 1. The maximum Gasteiger partial charge on any atom is 0.325 e. The van der Waals surface area contributed by atoms with Crippen molar-refractivity contribution in [2.75, 3.05) is 12.4 Å². The number of para-hydroxylation sites is 2.